The second kappa shape index (κ2) is 5.93. The Kier molecular flexibility index (Phi) is 4.34. The van der Waals surface area contributed by atoms with Crippen LogP contribution in [0, 0.1) is 17.3 Å². The van der Waals surface area contributed by atoms with E-state index in [1.165, 1.54) is 36.8 Å². The van der Waals surface area contributed by atoms with Crippen molar-refractivity contribution in [1.29, 1.82) is 0 Å². The molecule has 1 nitrogen and oxygen atoms in total. The van der Waals surface area contributed by atoms with E-state index in [0.717, 1.165) is 29.8 Å². The second-order valence-electron chi connectivity index (χ2n) is 7.99. The van der Waals surface area contributed by atoms with Gasteiger partial charge in [0.05, 0.1) is 0 Å². The van der Waals surface area contributed by atoms with Crippen molar-refractivity contribution < 1.29 is 0 Å². The third-order valence-corrected chi connectivity index (χ3v) is 5.74. The molecule has 0 radical (unpaired) electrons. The standard InChI is InChI=1S/C19H28ClN/c1-13-5-4-6-14(9-13)12-21-18-17-10-16(20)8-7-15(17)11-19(18,2)3/h7-8,10,13-14,18,21H,4-6,9,11-12H2,1-3H3. The first kappa shape index (κ1) is 15.4. The normalized spacial score (nSPS) is 31.1. The summed E-state index contributed by atoms with van der Waals surface area (Å²) < 4.78 is 0. The first-order chi connectivity index (χ1) is 9.95. The Labute approximate surface area is 134 Å². The van der Waals surface area contributed by atoms with Gasteiger partial charge in [-0.2, -0.15) is 0 Å². The molecule has 116 valence electrons. The van der Waals surface area contributed by atoms with Crippen LogP contribution in [0.15, 0.2) is 18.2 Å². The maximum Gasteiger partial charge on any atom is 0.0409 e. The maximum atomic E-state index is 6.22. The van der Waals surface area contributed by atoms with Gasteiger partial charge < -0.3 is 5.32 Å². The van der Waals surface area contributed by atoms with Crippen molar-refractivity contribution in [2.75, 3.05) is 6.54 Å². The Morgan fingerprint density at radius 3 is 2.86 bits per heavy atom. The van der Waals surface area contributed by atoms with Gasteiger partial charge in [0.1, 0.15) is 0 Å². The van der Waals surface area contributed by atoms with E-state index < -0.39 is 0 Å². The maximum absolute atomic E-state index is 6.22. The zero-order valence-electron chi connectivity index (χ0n) is 13.6. The average Bonchev–Trinajstić information content (AvgIpc) is 2.66. The molecule has 1 saturated carbocycles. The summed E-state index contributed by atoms with van der Waals surface area (Å²) in [6.45, 7) is 8.31. The van der Waals surface area contributed by atoms with Crippen molar-refractivity contribution in [2.45, 2.75) is 58.9 Å². The zero-order valence-corrected chi connectivity index (χ0v) is 14.3. The van der Waals surface area contributed by atoms with E-state index >= 15 is 0 Å². The van der Waals surface area contributed by atoms with Crippen molar-refractivity contribution in [3.8, 4) is 0 Å². The van der Waals surface area contributed by atoms with Crippen molar-refractivity contribution in [3.63, 3.8) is 0 Å². The molecule has 0 aromatic heterocycles. The quantitative estimate of drug-likeness (QED) is 0.790. The molecule has 0 bridgehead atoms. The van der Waals surface area contributed by atoms with Gasteiger partial charge in [-0.1, -0.05) is 51.3 Å². The molecule has 0 amide bonds. The summed E-state index contributed by atoms with van der Waals surface area (Å²) in [4.78, 5) is 0. The summed E-state index contributed by atoms with van der Waals surface area (Å²) >= 11 is 6.22. The third kappa shape index (κ3) is 3.29. The predicted octanol–water partition coefficient (Wildman–Crippen LogP) is 5.38. The smallest absolute Gasteiger partial charge is 0.0409 e. The summed E-state index contributed by atoms with van der Waals surface area (Å²) in [5.74, 6) is 1.76. The van der Waals surface area contributed by atoms with Crippen LogP contribution in [-0.2, 0) is 6.42 Å². The van der Waals surface area contributed by atoms with Gasteiger partial charge in [0.15, 0.2) is 0 Å². The van der Waals surface area contributed by atoms with Crippen LogP contribution in [-0.4, -0.2) is 6.54 Å². The van der Waals surface area contributed by atoms with E-state index in [2.05, 4.69) is 38.2 Å². The third-order valence-electron chi connectivity index (χ3n) is 5.50. The molecule has 3 atom stereocenters. The molecule has 2 aliphatic carbocycles. The van der Waals surface area contributed by atoms with Crippen LogP contribution in [0.5, 0.6) is 0 Å². The molecule has 1 N–H and O–H groups in total. The lowest BCUT2D eigenvalue weighted by Crippen LogP contribution is -2.35. The highest BCUT2D eigenvalue weighted by atomic mass is 35.5. The van der Waals surface area contributed by atoms with E-state index in [1.54, 1.807) is 0 Å². The van der Waals surface area contributed by atoms with Crippen molar-refractivity contribution in [3.05, 3.63) is 34.3 Å². The monoisotopic (exact) mass is 305 g/mol. The highest BCUT2D eigenvalue weighted by Crippen LogP contribution is 2.46. The molecule has 21 heavy (non-hydrogen) atoms. The Bertz CT molecular complexity index is 508. The molecule has 1 aromatic carbocycles. The van der Waals surface area contributed by atoms with Gasteiger partial charge in [0.2, 0.25) is 0 Å². The molecule has 1 aromatic rings. The van der Waals surface area contributed by atoms with Crippen LogP contribution in [0.1, 0.15) is 63.6 Å². The van der Waals surface area contributed by atoms with Crippen LogP contribution >= 0.6 is 11.6 Å². The van der Waals surface area contributed by atoms with E-state index in [9.17, 15) is 0 Å². The molecule has 3 rings (SSSR count). The molecule has 0 heterocycles. The lowest BCUT2D eigenvalue weighted by Gasteiger charge is -2.33. The van der Waals surface area contributed by atoms with Crippen molar-refractivity contribution >= 4 is 11.6 Å². The SMILES string of the molecule is CC1CCCC(CNC2c3cc(Cl)ccc3CC2(C)C)C1. The molecule has 0 aliphatic heterocycles. The van der Waals surface area contributed by atoms with Crippen LogP contribution < -0.4 is 5.32 Å². The minimum atomic E-state index is 0.285. The summed E-state index contributed by atoms with van der Waals surface area (Å²) in [5, 5.41) is 4.75. The fraction of sp³-hybridized carbons (Fsp3) is 0.684. The lowest BCUT2D eigenvalue weighted by molar-refractivity contribution is 0.224. The predicted molar refractivity (Wildman–Crippen MR) is 90.8 cm³/mol. The molecule has 0 spiro atoms. The Morgan fingerprint density at radius 1 is 1.29 bits per heavy atom. The topological polar surface area (TPSA) is 12.0 Å². The van der Waals surface area contributed by atoms with Gasteiger partial charge in [-0.25, -0.2) is 0 Å². The minimum absolute atomic E-state index is 0.285. The highest BCUT2D eigenvalue weighted by molar-refractivity contribution is 6.30. The molecule has 2 aliphatic rings. The van der Waals surface area contributed by atoms with Crippen molar-refractivity contribution in [2.24, 2.45) is 17.3 Å². The number of benzene rings is 1. The van der Waals surface area contributed by atoms with Crippen molar-refractivity contribution in [1.82, 2.24) is 5.32 Å². The largest absolute Gasteiger partial charge is 0.309 e. The van der Waals surface area contributed by atoms with E-state index in [-0.39, 0.29) is 5.41 Å². The molecule has 2 heteroatoms. The number of hydrogen-bond donors (Lipinski definition) is 1. The molecular weight excluding hydrogens is 278 g/mol. The Morgan fingerprint density at radius 2 is 2.10 bits per heavy atom. The van der Waals surface area contributed by atoms with Gasteiger partial charge in [0.25, 0.3) is 0 Å². The first-order valence-electron chi connectivity index (χ1n) is 8.47. The summed E-state index contributed by atoms with van der Waals surface area (Å²) in [6.07, 6.45) is 6.77. The number of hydrogen-bond acceptors (Lipinski definition) is 1. The van der Waals surface area contributed by atoms with Gasteiger partial charge in [-0.05, 0) is 66.3 Å². The van der Waals surface area contributed by atoms with Gasteiger partial charge in [-0.3, -0.25) is 0 Å². The van der Waals surface area contributed by atoms with Crippen LogP contribution in [0.2, 0.25) is 5.02 Å². The second-order valence-corrected chi connectivity index (χ2v) is 8.42. The summed E-state index contributed by atoms with van der Waals surface area (Å²) in [7, 11) is 0. The molecule has 1 fully saturated rings. The van der Waals surface area contributed by atoms with E-state index in [4.69, 9.17) is 11.6 Å². The Balaban J connectivity index is 1.71. The Hall–Kier alpha value is -0.530. The molecule has 0 saturated heterocycles. The zero-order chi connectivity index (χ0) is 15.0. The lowest BCUT2D eigenvalue weighted by atomic mass is 9.81. The summed E-state index contributed by atoms with van der Waals surface area (Å²) in [5.41, 5.74) is 3.18. The number of nitrogens with one attached hydrogen (secondary N) is 1. The van der Waals surface area contributed by atoms with Gasteiger partial charge in [0, 0.05) is 11.1 Å². The van der Waals surface area contributed by atoms with Crippen LogP contribution in [0.3, 0.4) is 0 Å². The minimum Gasteiger partial charge on any atom is -0.309 e. The number of fused-ring (bicyclic) bond motifs is 1. The van der Waals surface area contributed by atoms with Crippen LogP contribution in [0.4, 0.5) is 0 Å². The van der Waals surface area contributed by atoms with E-state index in [0.29, 0.717) is 6.04 Å². The highest BCUT2D eigenvalue weighted by Gasteiger charge is 2.39. The van der Waals surface area contributed by atoms with Crippen LogP contribution in [0.25, 0.3) is 0 Å². The van der Waals surface area contributed by atoms with E-state index in [1.807, 2.05) is 6.07 Å². The fourth-order valence-corrected chi connectivity index (χ4v) is 4.61. The van der Waals surface area contributed by atoms with Gasteiger partial charge >= 0.3 is 0 Å². The van der Waals surface area contributed by atoms with Gasteiger partial charge in [-0.15, -0.1) is 0 Å². The molecule has 3 unspecified atom stereocenters. The summed E-state index contributed by atoms with van der Waals surface area (Å²) in [6, 6.07) is 6.86. The number of rotatable bonds is 3. The number of halogens is 1. The molecular formula is C19H28ClN. The fourth-order valence-electron chi connectivity index (χ4n) is 4.43. The first-order valence-corrected chi connectivity index (χ1v) is 8.85. The average molecular weight is 306 g/mol.